The van der Waals surface area contributed by atoms with Crippen molar-refractivity contribution >= 4 is 11.7 Å². The van der Waals surface area contributed by atoms with Crippen molar-refractivity contribution in [2.75, 3.05) is 0 Å². The number of esters is 1. The monoisotopic (exact) mass is 261 g/mol. The quantitative estimate of drug-likeness (QED) is 0.357. The Bertz CT molecular complexity index is 559. The number of nitro groups is 1. The molecule has 1 heterocycles. The van der Waals surface area contributed by atoms with Crippen LogP contribution in [-0.4, -0.2) is 10.9 Å². The molecule has 98 valence electrons. The highest BCUT2D eigenvalue weighted by Gasteiger charge is 2.09. The van der Waals surface area contributed by atoms with Crippen molar-refractivity contribution in [1.82, 2.24) is 0 Å². The summed E-state index contributed by atoms with van der Waals surface area (Å²) in [6.45, 7) is 0. The topological polar surface area (TPSA) is 82.6 Å². The summed E-state index contributed by atoms with van der Waals surface area (Å²) in [5, 5.41) is 10.5. The van der Waals surface area contributed by atoms with E-state index < -0.39 is 10.9 Å². The molecule has 1 aromatic carbocycles. The fraction of sp³-hybridized carbons (Fsp3) is 0.154. The molecule has 0 radical (unpaired) electrons. The van der Waals surface area contributed by atoms with Crippen LogP contribution in [0, 0.1) is 10.1 Å². The van der Waals surface area contributed by atoms with Gasteiger partial charge in [0.05, 0.1) is 17.6 Å². The van der Waals surface area contributed by atoms with E-state index in [1.165, 1.54) is 30.5 Å². The van der Waals surface area contributed by atoms with Gasteiger partial charge in [-0.15, -0.1) is 0 Å². The number of hydrogen-bond acceptors (Lipinski definition) is 5. The molecule has 0 bridgehead atoms. The Hall–Kier alpha value is -2.63. The molecule has 2 aromatic rings. The number of furan rings is 1. The molecule has 0 aliphatic carbocycles. The Labute approximate surface area is 108 Å². The number of carbonyl (C=O) groups excluding carboxylic acids is 1. The van der Waals surface area contributed by atoms with E-state index >= 15 is 0 Å². The number of carbonyl (C=O) groups is 1. The normalized spacial score (nSPS) is 10.1. The number of hydrogen-bond donors (Lipinski definition) is 0. The first-order chi connectivity index (χ1) is 9.15. The van der Waals surface area contributed by atoms with Gasteiger partial charge in [-0.25, -0.2) is 0 Å². The van der Waals surface area contributed by atoms with Gasteiger partial charge in [-0.3, -0.25) is 14.9 Å². The van der Waals surface area contributed by atoms with E-state index in [1.54, 1.807) is 12.1 Å². The lowest BCUT2D eigenvalue weighted by Crippen LogP contribution is -2.08. The van der Waals surface area contributed by atoms with Crippen LogP contribution < -0.4 is 4.74 Å². The van der Waals surface area contributed by atoms with Gasteiger partial charge in [0, 0.05) is 18.6 Å². The standard InChI is InChI=1S/C13H11NO5/c15-13(8-7-11-2-1-9-18-11)19-12-5-3-10(4-6-12)14(16)17/h1-6,9H,7-8H2. The maximum absolute atomic E-state index is 11.5. The van der Waals surface area contributed by atoms with Gasteiger partial charge in [-0.2, -0.15) is 0 Å². The molecule has 0 N–H and O–H groups in total. The van der Waals surface area contributed by atoms with Crippen molar-refractivity contribution < 1.29 is 18.9 Å². The zero-order valence-electron chi connectivity index (χ0n) is 9.94. The van der Waals surface area contributed by atoms with Gasteiger partial charge in [-0.05, 0) is 24.3 Å². The molecule has 0 amide bonds. The van der Waals surface area contributed by atoms with E-state index in [2.05, 4.69) is 0 Å². The molecule has 0 aliphatic rings. The minimum absolute atomic E-state index is 0.0459. The number of ether oxygens (including phenoxy) is 1. The van der Waals surface area contributed by atoms with Crippen molar-refractivity contribution in [1.29, 1.82) is 0 Å². The molecule has 0 saturated heterocycles. The van der Waals surface area contributed by atoms with Crippen LogP contribution in [0.25, 0.3) is 0 Å². The van der Waals surface area contributed by atoms with Crippen LogP contribution in [0.5, 0.6) is 5.75 Å². The highest BCUT2D eigenvalue weighted by Crippen LogP contribution is 2.18. The molecule has 1 aromatic heterocycles. The Balaban J connectivity index is 1.86. The van der Waals surface area contributed by atoms with Gasteiger partial charge in [-0.1, -0.05) is 0 Å². The third kappa shape index (κ3) is 3.67. The number of aryl methyl sites for hydroxylation is 1. The van der Waals surface area contributed by atoms with Gasteiger partial charge in [0.15, 0.2) is 0 Å². The average Bonchev–Trinajstić information content (AvgIpc) is 2.90. The summed E-state index contributed by atoms with van der Waals surface area (Å²) >= 11 is 0. The average molecular weight is 261 g/mol. The van der Waals surface area contributed by atoms with Crippen molar-refractivity contribution in [2.24, 2.45) is 0 Å². The molecule has 0 atom stereocenters. The van der Waals surface area contributed by atoms with Gasteiger partial charge in [0.2, 0.25) is 0 Å². The Morgan fingerprint density at radius 3 is 2.58 bits per heavy atom. The summed E-state index contributed by atoms with van der Waals surface area (Å²) < 4.78 is 10.1. The molecular weight excluding hydrogens is 250 g/mol. The molecule has 0 spiro atoms. The number of non-ortho nitro benzene ring substituents is 1. The Morgan fingerprint density at radius 1 is 1.26 bits per heavy atom. The number of benzene rings is 1. The minimum atomic E-state index is -0.511. The summed E-state index contributed by atoms with van der Waals surface area (Å²) in [6, 6.07) is 8.88. The fourth-order valence-electron chi connectivity index (χ4n) is 1.50. The summed E-state index contributed by atoms with van der Waals surface area (Å²) in [6.07, 6.45) is 2.18. The molecule has 0 fully saturated rings. The molecule has 19 heavy (non-hydrogen) atoms. The van der Waals surface area contributed by atoms with Gasteiger partial charge in [0.25, 0.3) is 5.69 Å². The van der Waals surface area contributed by atoms with Crippen LogP contribution in [0.15, 0.2) is 47.1 Å². The van der Waals surface area contributed by atoms with E-state index in [1.807, 2.05) is 0 Å². The van der Waals surface area contributed by atoms with Crippen molar-refractivity contribution in [3.8, 4) is 5.75 Å². The van der Waals surface area contributed by atoms with Crippen LogP contribution in [0.4, 0.5) is 5.69 Å². The number of nitro benzene ring substituents is 1. The molecule has 0 unspecified atom stereocenters. The second-order valence-electron chi connectivity index (χ2n) is 3.80. The van der Waals surface area contributed by atoms with Crippen LogP contribution in [-0.2, 0) is 11.2 Å². The van der Waals surface area contributed by atoms with Crippen molar-refractivity contribution in [2.45, 2.75) is 12.8 Å². The summed E-state index contributed by atoms with van der Waals surface area (Å²) in [4.78, 5) is 21.5. The van der Waals surface area contributed by atoms with E-state index in [9.17, 15) is 14.9 Å². The maximum Gasteiger partial charge on any atom is 0.311 e. The molecule has 6 heteroatoms. The van der Waals surface area contributed by atoms with Crippen LogP contribution >= 0.6 is 0 Å². The third-order valence-electron chi connectivity index (χ3n) is 2.43. The molecule has 0 saturated carbocycles. The largest absolute Gasteiger partial charge is 0.469 e. The van der Waals surface area contributed by atoms with E-state index in [0.29, 0.717) is 12.2 Å². The molecule has 6 nitrogen and oxygen atoms in total. The van der Waals surface area contributed by atoms with Gasteiger partial charge < -0.3 is 9.15 Å². The summed E-state index contributed by atoms with van der Waals surface area (Å²) in [5.41, 5.74) is -0.0459. The molecular formula is C13H11NO5. The predicted octanol–water partition coefficient (Wildman–Crippen LogP) is 2.73. The lowest BCUT2D eigenvalue weighted by molar-refractivity contribution is -0.384. The smallest absolute Gasteiger partial charge is 0.311 e. The van der Waals surface area contributed by atoms with Crippen molar-refractivity contribution in [3.05, 3.63) is 58.5 Å². The van der Waals surface area contributed by atoms with Crippen LogP contribution in [0.2, 0.25) is 0 Å². The first-order valence-corrected chi connectivity index (χ1v) is 5.62. The lowest BCUT2D eigenvalue weighted by atomic mass is 10.2. The molecule has 0 aliphatic heterocycles. The van der Waals surface area contributed by atoms with Crippen molar-refractivity contribution in [3.63, 3.8) is 0 Å². The fourth-order valence-corrected chi connectivity index (χ4v) is 1.50. The lowest BCUT2D eigenvalue weighted by Gasteiger charge is -2.03. The highest BCUT2D eigenvalue weighted by atomic mass is 16.6. The number of rotatable bonds is 5. The first-order valence-electron chi connectivity index (χ1n) is 5.62. The van der Waals surface area contributed by atoms with E-state index in [4.69, 9.17) is 9.15 Å². The van der Waals surface area contributed by atoms with Gasteiger partial charge in [0.1, 0.15) is 11.5 Å². The molecule has 2 rings (SSSR count). The SMILES string of the molecule is O=C(CCc1ccco1)Oc1ccc([N+](=O)[O-])cc1. The van der Waals surface area contributed by atoms with Gasteiger partial charge >= 0.3 is 5.97 Å². The Kier molecular flexibility index (Phi) is 3.92. The second-order valence-corrected chi connectivity index (χ2v) is 3.80. The predicted molar refractivity (Wildman–Crippen MR) is 65.8 cm³/mol. The zero-order chi connectivity index (χ0) is 13.7. The third-order valence-corrected chi connectivity index (χ3v) is 2.43. The zero-order valence-corrected chi connectivity index (χ0v) is 9.94. The maximum atomic E-state index is 11.5. The number of nitrogens with zero attached hydrogens (tertiary/aromatic N) is 1. The minimum Gasteiger partial charge on any atom is -0.469 e. The summed E-state index contributed by atoms with van der Waals surface area (Å²) in [5.74, 6) is 0.584. The first kappa shape index (κ1) is 12.8. The second kappa shape index (κ2) is 5.81. The van der Waals surface area contributed by atoms with E-state index in [-0.39, 0.29) is 17.9 Å². The van der Waals surface area contributed by atoms with E-state index in [0.717, 1.165) is 0 Å². The Morgan fingerprint density at radius 2 is 2.00 bits per heavy atom. The highest BCUT2D eigenvalue weighted by molar-refractivity contribution is 5.72. The van der Waals surface area contributed by atoms with Crippen LogP contribution in [0.3, 0.4) is 0 Å². The van der Waals surface area contributed by atoms with Crippen LogP contribution in [0.1, 0.15) is 12.2 Å². The summed E-state index contributed by atoms with van der Waals surface area (Å²) in [7, 11) is 0.